The molecule has 1 aliphatic rings. The predicted molar refractivity (Wildman–Crippen MR) is 53.4 cm³/mol. The van der Waals surface area contributed by atoms with E-state index in [1.807, 2.05) is 6.07 Å². The van der Waals surface area contributed by atoms with Gasteiger partial charge >= 0.3 is 0 Å². The fraction of sp³-hybridized carbons (Fsp3) is 0.400. The Labute approximate surface area is 87.3 Å². The molecular formula is C10H12N2O3. The van der Waals surface area contributed by atoms with Crippen molar-refractivity contribution in [3.63, 3.8) is 0 Å². The van der Waals surface area contributed by atoms with Crippen molar-refractivity contribution in [3.8, 4) is 0 Å². The Kier molecular flexibility index (Phi) is 2.94. The summed E-state index contributed by atoms with van der Waals surface area (Å²) in [5.74, 6) is 0.475. The standard InChI is InChI=1S/C10H12N2O3/c13-6-8-5-12(10(14)7-15-8)9-3-1-2-4-11-9/h1-4,8,13H,5-7H2. The van der Waals surface area contributed by atoms with Crippen LogP contribution < -0.4 is 4.90 Å². The van der Waals surface area contributed by atoms with Crippen LogP contribution in [0.4, 0.5) is 5.82 Å². The van der Waals surface area contributed by atoms with E-state index in [1.165, 1.54) is 4.90 Å². The fourth-order valence-corrected chi connectivity index (χ4v) is 1.47. The maximum absolute atomic E-state index is 11.5. The number of nitrogens with zero attached hydrogens (tertiary/aromatic N) is 2. The van der Waals surface area contributed by atoms with Crippen molar-refractivity contribution in [2.75, 3.05) is 24.7 Å². The summed E-state index contributed by atoms with van der Waals surface area (Å²) in [6.45, 7) is 0.269. The third-order valence-corrected chi connectivity index (χ3v) is 2.26. The quantitative estimate of drug-likeness (QED) is 0.731. The Morgan fingerprint density at radius 3 is 3.13 bits per heavy atom. The van der Waals surface area contributed by atoms with Crippen LogP contribution in [0.15, 0.2) is 24.4 Å². The van der Waals surface area contributed by atoms with Crippen LogP contribution in [-0.4, -0.2) is 41.9 Å². The van der Waals surface area contributed by atoms with Gasteiger partial charge in [-0.25, -0.2) is 4.98 Å². The highest BCUT2D eigenvalue weighted by molar-refractivity contribution is 5.94. The smallest absolute Gasteiger partial charge is 0.254 e. The van der Waals surface area contributed by atoms with Crippen LogP contribution in [0, 0.1) is 0 Å². The van der Waals surface area contributed by atoms with Crippen LogP contribution >= 0.6 is 0 Å². The number of aliphatic hydroxyl groups excluding tert-OH is 1. The normalized spacial score (nSPS) is 21.8. The lowest BCUT2D eigenvalue weighted by Crippen LogP contribution is -2.48. The molecule has 5 heteroatoms. The lowest BCUT2D eigenvalue weighted by molar-refractivity contribution is -0.130. The number of hydrogen-bond donors (Lipinski definition) is 1. The van der Waals surface area contributed by atoms with Crippen LogP contribution in [0.5, 0.6) is 0 Å². The number of amides is 1. The molecule has 0 aliphatic carbocycles. The van der Waals surface area contributed by atoms with Crippen LogP contribution in [0.25, 0.3) is 0 Å². The van der Waals surface area contributed by atoms with Gasteiger partial charge in [0.15, 0.2) is 0 Å². The van der Waals surface area contributed by atoms with Crippen molar-refractivity contribution in [3.05, 3.63) is 24.4 Å². The third kappa shape index (κ3) is 2.14. The maximum atomic E-state index is 11.5. The molecule has 0 saturated carbocycles. The van der Waals surface area contributed by atoms with Crippen molar-refractivity contribution < 1.29 is 14.6 Å². The first-order chi connectivity index (χ1) is 7.31. The lowest BCUT2D eigenvalue weighted by Gasteiger charge is -2.30. The summed E-state index contributed by atoms with van der Waals surface area (Å²) in [5, 5.41) is 8.96. The van der Waals surface area contributed by atoms with Gasteiger partial charge in [-0.05, 0) is 12.1 Å². The number of pyridine rings is 1. The molecule has 1 aromatic heterocycles. The summed E-state index contributed by atoms with van der Waals surface area (Å²) in [6, 6.07) is 5.37. The van der Waals surface area contributed by atoms with E-state index >= 15 is 0 Å². The molecule has 1 atom stereocenters. The molecule has 1 unspecified atom stereocenters. The largest absolute Gasteiger partial charge is 0.394 e. The minimum atomic E-state index is -0.315. The Balaban J connectivity index is 2.16. The fourth-order valence-electron chi connectivity index (χ4n) is 1.47. The summed E-state index contributed by atoms with van der Waals surface area (Å²) in [4.78, 5) is 17.2. The number of hydrogen-bond acceptors (Lipinski definition) is 4. The van der Waals surface area contributed by atoms with Crippen LogP contribution in [-0.2, 0) is 9.53 Å². The van der Waals surface area contributed by atoms with Gasteiger partial charge in [0.2, 0.25) is 0 Å². The van der Waals surface area contributed by atoms with E-state index < -0.39 is 0 Å². The van der Waals surface area contributed by atoms with Crippen LogP contribution in [0.1, 0.15) is 0 Å². The SMILES string of the molecule is O=C1COC(CO)CN1c1ccccn1. The Morgan fingerprint density at radius 1 is 1.60 bits per heavy atom. The number of carbonyl (C=O) groups is 1. The molecule has 15 heavy (non-hydrogen) atoms. The molecule has 1 saturated heterocycles. The first-order valence-electron chi connectivity index (χ1n) is 4.75. The molecule has 1 aromatic rings. The molecule has 2 heterocycles. The average Bonchev–Trinajstić information content (AvgIpc) is 2.31. The molecule has 2 rings (SSSR count). The van der Waals surface area contributed by atoms with Gasteiger partial charge in [0.1, 0.15) is 12.4 Å². The number of ether oxygens (including phenoxy) is 1. The van der Waals surface area contributed by atoms with Crippen LogP contribution in [0.2, 0.25) is 0 Å². The lowest BCUT2D eigenvalue weighted by atomic mass is 10.2. The Hall–Kier alpha value is -1.46. The summed E-state index contributed by atoms with van der Waals surface area (Å²) in [6.07, 6.45) is 1.32. The predicted octanol–water partition coefficient (Wildman–Crippen LogP) is -0.194. The van der Waals surface area contributed by atoms with Crippen molar-refractivity contribution in [1.82, 2.24) is 4.98 Å². The van der Waals surface area contributed by atoms with Gasteiger partial charge in [-0.15, -0.1) is 0 Å². The van der Waals surface area contributed by atoms with Gasteiger partial charge in [-0.1, -0.05) is 6.07 Å². The van der Waals surface area contributed by atoms with Gasteiger partial charge in [-0.3, -0.25) is 9.69 Å². The van der Waals surface area contributed by atoms with Crippen molar-refractivity contribution in [2.24, 2.45) is 0 Å². The zero-order valence-electron chi connectivity index (χ0n) is 8.17. The first kappa shape index (κ1) is 10.1. The highest BCUT2D eigenvalue weighted by Gasteiger charge is 2.27. The third-order valence-electron chi connectivity index (χ3n) is 2.26. The molecule has 0 spiro atoms. The van der Waals surface area contributed by atoms with E-state index in [2.05, 4.69) is 4.98 Å². The van der Waals surface area contributed by atoms with E-state index in [4.69, 9.17) is 9.84 Å². The maximum Gasteiger partial charge on any atom is 0.254 e. The summed E-state index contributed by atoms with van der Waals surface area (Å²) in [7, 11) is 0. The molecule has 80 valence electrons. The van der Waals surface area contributed by atoms with Gasteiger partial charge < -0.3 is 9.84 Å². The van der Waals surface area contributed by atoms with Gasteiger partial charge in [0.25, 0.3) is 5.91 Å². The molecule has 1 N–H and O–H groups in total. The zero-order valence-corrected chi connectivity index (χ0v) is 8.17. The van der Waals surface area contributed by atoms with E-state index in [1.54, 1.807) is 18.3 Å². The van der Waals surface area contributed by atoms with Crippen LogP contribution in [0.3, 0.4) is 0 Å². The van der Waals surface area contributed by atoms with E-state index in [9.17, 15) is 4.79 Å². The summed E-state index contributed by atoms with van der Waals surface area (Å²) in [5.41, 5.74) is 0. The second-order valence-electron chi connectivity index (χ2n) is 3.31. The van der Waals surface area contributed by atoms with Gasteiger partial charge in [0.05, 0.1) is 19.3 Å². The molecule has 1 fully saturated rings. The highest BCUT2D eigenvalue weighted by atomic mass is 16.5. The molecule has 5 nitrogen and oxygen atoms in total. The minimum absolute atomic E-state index is 0.00179. The number of aliphatic hydroxyl groups is 1. The van der Waals surface area contributed by atoms with E-state index in [-0.39, 0.29) is 25.2 Å². The average molecular weight is 208 g/mol. The van der Waals surface area contributed by atoms with Crippen molar-refractivity contribution in [2.45, 2.75) is 6.10 Å². The molecule has 0 bridgehead atoms. The number of aromatic nitrogens is 1. The molecular weight excluding hydrogens is 196 g/mol. The second kappa shape index (κ2) is 4.37. The molecule has 1 aliphatic heterocycles. The van der Waals surface area contributed by atoms with E-state index in [0.29, 0.717) is 12.4 Å². The van der Waals surface area contributed by atoms with Gasteiger partial charge in [0, 0.05) is 6.20 Å². The molecule has 0 aromatic carbocycles. The number of rotatable bonds is 2. The zero-order chi connectivity index (χ0) is 10.7. The monoisotopic (exact) mass is 208 g/mol. The number of carbonyl (C=O) groups excluding carboxylic acids is 1. The summed E-state index contributed by atoms with van der Waals surface area (Å²) >= 11 is 0. The van der Waals surface area contributed by atoms with Crippen molar-refractivity contribution in [1.29, 1.82) is 0 Å². The van der Waals surface area contributed by atoms with Gasteiger partial charge in [-0.2, -0.15) is 0 Å². The Morgan fingerprint density at radius 2 is 2.47 bits per heavy atom. The van der Waals surface area contributed by atoms with Crippen molar-refractivity contribution >= 4 is 11.7 Å². The highest BCUT2D eigenvalue weighted by Crippen LogP contribution is 2.14. The number of anilines is 1. The first-order valence-corrected chi connectivity index (χ1v) is 4.75. The topological polar surface area (TPSA) is 62.7 Å². The number of morpholine rings is 1. The summed E-state index contributed by atoms with van der Waals surface area (Å²) < 4.78 is 5.12. The Bertz CT molecular complexity index is 342. The van der Waals surface area contributed by atoms with E-state index in [0.717, 1.165) is 0 Å². The molecule has 1 amide bonds. The minimum Gasteiger partial charge on any atom is -0.394 e. The second-order valence-corrected chi connectivity index (χ2v) is 3.31. The molecule has 0 radical (unpaired) electrons.